The highest BCUT2D eigenvalue weighted by Gasteiger charge is 2.26. The zero-order chi connectivity index (χ0) is 14.8. The minimum Gasteiger partial charge on any atom is -0.462 e. The summed E-state index contributed by atoms with van der Waals surface area (Å²) in [6.45, 7) is 1.56. The van der Waals surface area contributed by atoms with E-state index in [-0.39, 0.29) is 12.2 Å². The molecule has 19 heavy (non-hydrogen) atoms. The number of esters is 1. The maximum atomic E-state index is 11.5. The molecule has 0 heterocycles. The van der Waals surface area contributed by atoms with Crippen LogP contribution >= 0.6 is 11.6 Å². The summed E-state index contributed by atoms with van der Waals surface area (Å²) in [5, 5.41) is 15.0. The molecular weight excluding hydrogens is 300 g/mol. The number of rotatable bonds is 4. The molecule has 0 atom stereocenters. The van der Waals surface area contributed by atoms with Crippen LogP contribution in [0.5, 0.6) is 0 Å². The van der Waals surface area contributed by atoms with E-state index in [1.54, 1.807) is 0 Å². The summed E-state index contributed by atoms with van der Waals surface area (Å²) >= 11 is 5.59. The number of halogens is 1. The third-order valence-corrected chi connectivity index (χ3v) is 3.48. The van der Waals surface area contributed by atoms with Gasteiger partial charge in [0.1, 0.15) is 9.92 Å². The van der Waals surface area contributed by atoms with Gasteiger partial charge in [-0.2, -0.15) is 0 Å². The lowest BCUT2D eigenvalue weighted by Gasteiger charge is -2.06. The van der Waals surface area contributed by atoms with Crippen molar-refractivity contribution >= 4 is 33.3 Å². The van der Waals surface area contributed by atoms with Crippen molar-refractivity contribution in [2.45, 2.75) is 11.8 Å². The van der Waals surface area contributed by atoms with Gasteiger partial charge in [0.25, 0.3) is 5.69 Å². The molecule has 1 aromatic rings. The topological polar surface area (TPSA) is 130 Å². The standard InChI is InChI=1S/C9H9ClN2O6S/c1-2-18-9(13)5-3-6(12(14)15)8(10)7(4-5)19(11,16)17/h3-4H,2H2,1H3,(H2,11,16,17). The Balaban J connectivity index is 3.58. The van der Waals surface area contributed by atoms with Crippen LogP contribution in [0, 0.1) is 10.1 Å². The van der Waals surface area contributed by atoms with Crippen molar-refractivity contribution in [3.63, 3.8) is 0 Å². The minimum absolute atomic E-state index is 0.0277. The van der Waals surface area contributed by atoms with Crippen LogP contribution in [0.15, 0.2) is 17.0 Å². The Kier molecular flexibility index (Phi) is 4.45. The second kappa shape index (κ2) is 5.51. The van der Waals surface area contributed by atoms with E-state index in [2.05, 4.69) is 4.74 Å². The molecule has 0 aliphatic carbocycles. The molecule has 0 amide bonds. The van der Waals surface area contributed by atoms with E-state index in [9.17, 15) is 23.3 Å². The summed E-state index contributed by atoms with van der Waals surface area (Å²) in [5.41, 5.74) is -1.06. The first-order chi connectivity index (χ1) is 8.68. The second-order valence-electron chi connectivity index (χ2n) is 3.33. The number of nitro groups is 1. The monoisotopic (exact) mass is 308 g/mol. The highest BCUT2D eigenvalue weighted by atomic mass is 35.5. The molecule has 0 unspecified atom stereocenters. The molecule has 1 aromatic carbocycles. The average Bonchev–Trinajstić information content (AvgIpc) is 2.27. The highest BCUT2D eigenvalue weighted by Crippen LogP contribution is 2.32. The molecule has 0 saturated carbocycles. The fourth-order valence-corrected chi connectivity index (χ4v) is 2.40. The van der Waals surface area contributed by atoms with Crippen LogP contribution in [0.25, 0.3) is 0 Å². The van der Waals surface area contributed by atoms with Crippen molar-refractivity contribution in [1.82, 2.24) is 0 Å². The third-order valence-electron chi connectivity index (χ3n) is 2.03. The predicted molar refractivity (Wildman–Crippen MR) is 65.4 cm³/mol. The number of benzene rings is 1. The molecule has 10 heteroatoms. The quantitative estimate of drug-likeness (QED) is 0.503. The lowest BCUT2D eigenvalue weighted by molar-refractivity contribution is -0.384. The number of carbonyl (C=O) groups is 1. The number of nitro benzene ring substituents is 1. The van der Waals surface area contributed by atoms with Crippen LogP contribution in [0.1, 0.15) is 17.3 Å². The van der Waals surface area contributed by atoms with Crippen LogP contribution < -0.4 is 5.14 Å². The number of nitrogens with zero attached hydrogens (tertiary/aromatic N) is 1. The van der Waals surface area contributed by atoms with Gasteiger partial charge in [-0.15, -0.1) is 0 Å². The predicted octanol–water partition coefficient (Wildman–Crippen LogP) is 1.07. The molecule has 0 fully saturated rings. The summed E-state index contributed by atoms with van der Waals surface area (Å²) in [6.07, 6.45) is 0. The molecule has 0 saturated heterocycles. The van der Waals surface area contributed by atoms with Crippen LogP contribution in [0.4, 0.5) is 5.69 Å². The van der Waals surface area contributed by atoms with Gasteiger partial charge in [-0.05, 0) is 13.0 Å². The first kappa shape index (κ1) is 15.3. The van der Waals surface area contributed by atoms with Crippen molar-refractivity contribution in [3.05, 3.63) is 32.8 Å². The normalized spacial score (nSPS) is 11.1. The first-order valence-corrected chi connectivity index (χ1v) is 6.78. The van der Waals surface area contributed by atoms with Gasteiger partial charge in [0.2, 0.25) is 10.0 Å². The Labute approximate surface area is 113 Å². The van der Waals surface area contributed by atoms with E-state index in [0.717, 1.165) is 12.1 Å². The van der Waals surface area contributed by atoms with E-state index in [1.807, 2.05) is 0 Å². The SMILES string of the molecule is CCOC(=O)c1cc([N+](=O)[O-])c(Cl)c(S(N)(=O)=O)c1. The molecular formula is C9H9ClN2O6S. The maximum Gasteiger partial charge on any atom is 0.338 e. The molecule has 0 aliphatic heterocycles. The minimum atomic E-state index is -4.30. The fraction of sp³-hybridized carbons (Fsp3) is 0.222. The van der Waals surface area contributed by atoms with E-state index >= 15 is 0 Å². The van der Waals surface area contributed by atoms with Crippen molar-refractivity contribution in [2.24, 2.45) is 5.14 Å². The molecule has 104 valence electrons. The third kappa shape index (κ3) is 3.40. The van der Waals surface area contributed by atoms with Crippen LogP contribution in [-0.4, -0.2) is 25.9 Å². The number of ether oxygens (including phenoxy) is 1. The largest absolute Gasteiger partial charge is 0.462 e. The van der Waals surface area contributed by atoms with E-state index in [1.165, 1.54) is 6.92 Å². The van der Waals surface area contributed by atoms with Crippen LogP contribution in [-0.2, 0) is 14.8 Å². The first-order valence-electron chi connectivity index (χ1n) is 4.86. The van der Waals surface area contributed by atoms with E-state index in [0.29, 0.717) is 0 Å². The smallest absolute Gasteiger partial charge is 0.338 e. The van der Waals surface area contributed by atoms with E-state index in [4.69, 9.17) is 16.7 Å². The van der Waals surface area contributed by atoms with Gasteiger partial charge in [0.15, 0.2) is 0 Å². The molecule has 0 aromatic heterocycles. The molecule has 0 radical (unpaired) electrons. The Morgan fingerprint density at radius 3 is 2.53 bits per heavy atom. The Bertz CT molecular complexity index is 642. The lowest BCUT2D eigenvalue weighted by atomic mass is 10.2. The molecule has 2 N–H and O–H groups in total. The zero-order valence-corrected chi connectivity index (χ0v) is 11.2. The number of sulfonamides is 1. The summed E-state index contributed by atoms with van der Waals surface area (Å²) in [4.78, 5) is 20.6. The fourth-order valence-electron chi connectivity index (χ4n) is 1.26. The number of hydrogen-bond acceptors (Lipinski definition) is 6. The summed E-state index contributed by atoms with van der Waals surface area (Å²) < 4.78 is 27.2. The Morgan fingerprint density at radius 1 is 1.53 bits per heavy atom. The molecule has 1 rings (SSSR count). The molecule has 8 nitrogen and oxygen atoms in total. The van der Waals surface area contributed by atoms with Gasteiger partial charge in [-0.1, -0.05) is 11.6 Å². The summed E-state index contributed by atoms with van der Waals surface area (Å²) in [5.74, 6) is -0.910. The average molecular weight is 309 g/mol. The molecule has 0 bridgehead atoms. The van der Waals surface area contributed by atoms with Gasteiger partial charge in [-0.25, -0.2) is 18.4 Å². The second-order valence-corrected chi connectivity index (χ2v) is 5.24. The molecule has 0 spiro atoms. The number of nitrogens with two attached hydrogens (primary N) is 1. The van der Waals surface area contributed by atoms with Crippen molar-refractivity contribution in [1.29, 1.82) is 0 Å². The Morgan fingerprint density at radius 2 is 2.11 bits per heavy atom. The van der Waals surface area contributed by atoms with Gasteiger partial charge in [-0.3, -0.25) is 10.1 Å². The number of hydrogen-bond donors (Lipinski definition) is 1. The molecule has 0 aliphatic rings. The van der Waals surface area contributed by atoms with Crippen molar-refractivity contribution in [3.8, 4) is 0 Å². The van der Waals surface area contributed by atoms with Crippen molar-refractivity contribution < 1.29 is 22.9 Å². The zero-order valence-electron chi connectivity index (χ0n) is 9.62. The van der Waals surface area contributed by atoms with Gasteiger partial charge in [0.05, 0.1) is 17.1 Å². The van der Waals surface area contributed by atoms with E-state index < -0.39 is 36.5 Å². The number of primary sulfonamides is 1. The highest BCUT2D eigenvalue weighted by molar-refractivity contribution is 7.89. The summed E-state index contributed by atoms with van der Waals surface area (Å²) in [6, 6.07) is 1.66. The summed E-state index contributed by atoms with van der Waals surface area (Å²) in [7, 11) is -4.30. The lowest BCUT2D eigenvalue weighted by Crippen LogP contribution is -2.15. The van der Waals surface area contributed by atoms with Gasteiger partial charge in [0, 0.05) is 6.07 Å². The Hall–Kier alpha value is -1.71. The van der Waals surface area contributed by atoms with Gasteiger partial charge < -0.3 is 4.74 Å². The van der Waals surface area contributed by atoms with Crippen LogP contribution in [0.2, 0.25) is 5.02 Å². The van der Waals surface area contributed by atoms with Crippen molar-refractivity contribution in [2.75, 3.05) is 6.61 Å². The van der Waals surface area contributed by atoms with Gasteiger partial charge >= 0.3 is 5.97 Å². The maximum absolute atomic E-state index is 11.5. The number of carbonyl (C=O) groups excluding carboxylic acids is 1. The van der Waals surface area contributed by atoms with Crippen LogP contribution in [0.3, 0.4) is 0 Å².